The Balaban J connectivity index is 0.000000255. The van der Waals surface area contributed by atoms with E-state index in [4.69, 9.17) is 10.2 Å². The first-order valence-electron chi connectivity index (χ1n) is 4.02. The van der Waals surface area contributed by atoms with E-state index in [1.807, 2.05) is 18.2 Å². The van der Waals surface area contributed by atoms with Gasteiger partial charge in [0.25, 0.3) is 0 Å². The Bertz CT molecular complexity index is 283. The zero-order valence-corrected chi connectivity index (χ0v) is 7.92. The average molecular weight is 195 g/mol. The predicted molar refractivity (Wildman–Crippen MR) is 53.6 cm³/mol. The molecule has 0 spiro atoms. The number of aliphatic hydroxyl groups excluding tert-OH is 1. The van der Waals surface area contributed by atoms with Gasteiger partial charge in [0, 0.05) is 6.20 Å². The normalized spacial score (nSPS) is 10.7. The Morgan fingerprint density at radius 1 is 1.64 bits per heavy atom. The molecule has 1 heterocycles. The Morgan fingerprint density at radius 2 is 2.21 bits per heavy atom. The van der Waals surface area contributed by atoms with Crippen LogP contribution in [0.2, 0.25) is 0 Å². The molecule has 4 heteroatoms. The van der Waals surface area contributed by atoms with E-state index in [-0.39, 0.29) is 0 Å². The number of carbonyl (C=O) groups is 1. The molecule has 0 bridgehead atoms. The fraction of sp³-hybridized carbons (Fsp3) is 0.200. The molecule has 1 atom stereocenters. The summed E-state index contributed by atoms with van der Waals surface area (Å²) in [6, 6.07) is 5.73. The maximum Gasteiger partial charge on any atom is 0.332 e. The standard InChI is InChI=1S/C7H7N.C3H6O3/c1-2-7-5-3-4-6-8-7;1-2(4)3(5)6/h2-6H,1H2;2,4H,1H3,(H,5,6). The van der Waals surface area contributed by atoms with Crippen molar-refractivity contribution in [1.82, 2.24) is 4.98 Å². The molecule has 0 aliphatic rings. The highest BCUT2D eigenvalue weighted by atomic mass is 16.4. The largest absolute Gasteiger partial charge is 0.479 e. The molecule has 0 amide bonds. The van der Waals surface area contributed by atoms with Crippen molar-refractivity contribution in [1.29, 1.82) is 0 Å². The van der Waals surface area contributed by atoms with Crippen molar-refractivity contribution >= 4 is 12.0 Å². The molecule has 0 saturated heterocycles. The van der Waals surface area contributed by atoms with Gasteiger partial charge in [-0.3, -0.25) is 4.98 Å². The minimum atomic E-state index is -1.23. The van der Waals surface area contributed by atoms with Crippen LogP contribution < -0.4 is 0 Å². The number of aromatic nitrogens is 1. The number of rotatable bonds is 2. The first-order chi connectivity index (χ1) is 6.57. The van der Waals surface area contributed by atoms with Crippen LogP contribution in [0.3, 0.4) is 0 Å². The summed E-state index contributed by atoms with van der Waals surface area (Å²) in [6.45, 7) is 4.77. The zero-order valence-electron chi connectivity index (χ0n) is 7.92. The number of aliphatic hydroxyl groups is 1. The molecular formula is C10H13NO3. The van der Waals surface area contributed by atoms with Crippen molar-refractivity contribution in [2.75, 3.05) is 0 Å². The SMILES string of the molecule is C=Cc1ccccn1.CC(O)C(=O)O. The van der Waals surface area contributed by atoms with Gasteiger partial charge >= 0.3 is 5.97 Å². The summed E-state index contributed by atoms with van der Waals surface area (Å²) in [7, 11) is 0. The third-order valence-corrected chi connectivity index (χ3v) is 1.25. The molecule has 14 heavy (non-hydrogen) atoms. The maximum atomic E-state index is 9.45. The Morgan fingerprint density at radius 3 is 2.43 bits per heavy atom. The van der Waals surface area contributed by atoms with Gasteiger partial charge in [-0.05, 0) is 25.1 Å². The lowest BCUT2D eigenvalue weighted by Crippen LogP contribution is -2.13. The molecule has 4 nitrogen and oxygen atoms in total. The van der Waals surface area contributed by atoms with Gasteiger partial charge in [-0.25, -0.2) is 4.79 Å². The van der Waals surface area contributed by atoms with Gasteiger partial charge in [0.1, 0.15) is 6.10 Å². The lowest BCUT2D eigenvalue weighted by molar-refractivity contribution is -0.145. The minimum absolute atomic E-state index is 0.924. The van der Waals surface area contributed by atoms with Gasteiger partial charge in [-0.15, -0.1) is 0 Å². The number of pyridine rings is 1. The summed E-state index contributed by atoms with van der Waals surface area (Å²) >= 11 is 0. The molecule has 2 N–H and O–H groups in total. The van der Waals surface area contributed by atoms with E-state index in [1.165, 1.54) is 6.92 Å². The lowest BCUT2D eigenvalue weighted by Gasteiger charge is -1.89. The Labute approximate surface area is 82.5 Å². The van der Waals surface area contributed by atoms with E-state index in [2.05, 4.69) is 11.6 Å². The van der Waals surface area contributed by atoms with Crippen LogP contribution in [0.15, 0.2) is 31.0 Å². The third kappa shape index (κ3) is 5.91. The first kappa shape index (κ1) is 12.3. The molecule has 1 aromatic rings. The Hall–Kier alpha value is -1.68. The molecule has 0 radical (unpaired) electrons. The summed E-state index contributed by atoms with van der Waals surface area (Å²) in [5, 5.41) is 15.8. The van der Waals surface area contributed by atoms with E-state index in [1.54, 1.807) is 12.3 Å². The molecule has 1 rings (SSSR count). The maximum absolute atomic E-state index is 9.45. The van der Waals surface area contributed by atoms with Gasteiger partial charge in [-0.2, -0.15) is 0 Å². The Kier molecular flexibility index (Phi) is 5.98. The van der Waals surface area contributed by atoms with Crippen molar-refractivity contribution < 1.29 is 15.0 Å². The number of nitrogens with zero attached hydrogens (tertiary/aromatic N) is 1. The molecule has 1 unspecified atom stereocenters. The monoisotopic (exact) mass is 195 g/mol. The summed E-state index contributed by atoms with van der Waals surface area (Å²) in [4.78, 5) is 13.4. The summed E-state index contributed by atoms with van der Waals surface area (Å²) < 4.78 is 0. The van der Waals surface area contributed by atoms with E-state index < -0.39 is 12.1 Å². The predicted octanol–water partition coefficient (Wildman–Crippen LogP) is 1.18. The van der Waals surface area contributed by atoms with Gasteiger partial charge in [0.15, 0.2) is 0 Å². The lowest BCUT2D eigenvalue weighted by atomic mass is 10.4. The first-order valence-corrected chi connectivity index (χ1v) is 4.02. The average Bonchev–Trinajstić information content (AvgIpc) is 2.20. The number of hydrogen-bond donors (Lipinski definition) is 2. The van der Waals surface area contributed by atoms with Crippen molar-refractivity contribution in [3.05, 3.63) is 36.7 Å². The van der Waals surface area contributed by atoms with Crippen LogP contribution in [0.25, 0.3) is 6.08 Å². The van der Waals surface area contributed by atoms with Crippen molar-refractivity contribution in [2.24, 2.45) is 0 Å². The summed E-state index contributed by atoms with van der Waals surface area (Å²) in [6.07, 6.45) is 2.24. The van der Waals surface area contributed by atoms with E-state index in [0.717, 1.165) is 5.69 Å². The smallest absolute Gasteiger partial charge is 0.332 e. The number of hydrogen-bond acceptors (Lipinski definition) is 3. The van der Waals surface area contributed by atoms with Crippen LogP contribution in [0.4, 0.5) is 0 Å². The quantitative estimate of drug-likeness (QED) is 0.743. The van der Waals surface area contributed by atoms with Gasteiger partial charge in [0.2, 0.25) is 0 Å². The highest BCUT2D eigenvalue weighted by molar-refractivity contribution is 5.71. The van der Waals surface area contributed by atoms with E-state index in [9.17, 15) is 4.79 Å². The third-order valence-electron chi connectivity index (χ3n) is 1.25. The van der Waals surface area contributed by atoms with Crippen LogP contribution in [0, 0.1) is 0 Å². The summed E-state index contributed by atoms with van der Waals surface area (Å²) in [5.41, 5.74) is 0.924. The molecule has 0 fully saturated rings. The van der Waals surface area contributed by atoms with Gasteiger partial charge in [-0.1, -0.05) is 12.6 Å². The highest BCUT2D eigenvalue weighted by Gasteiger charge is 2.01. The number of aliphatic carboxylic acids is 1. The number of carboxylic acid groups (broad SMARTS) is 1. The second kappa shape index (κ2) is 6.80. The molecule has 0 saturated carbocycles. The van der Waals surface area contributed by atoms with E-state index >= 15 is 0 Å². The molecule has 76 valence electrons. The number of carboxylic acids is 1. The fourth-order valence-electron chi connectivity index (χ4n) is 0.497. The second-order valence-corrected chi connectivity index (χ2v) is 2.47. The van der Waals surface area contributed by atoms with E-state index in [0.29, 0.717) is 0 Å². The fourth-order valence-corrected chi connectivity index (χ4v) is 0.497. The van der Waals surface area contributed by atoms with Crippen molar-refractivity contribution in [3.8, 4) is 0 Å². The molecular weight excluding hydrogens is 182 g/mol. The van der Waals surface area contributed by atoms with Crippen molar-refractivity contribution in [3.63, 3.8) is 0 Å². The van der Waals surface area contributed by atoms with Gasteiger partial charge < -0.3 is 10.2 Å². The van der Waals surface area contributed by atoms with Crippen LogP contribution in [-0.4, -0.2) is 27.3 Å². The van der Waals surface area contributed by atoms with Crippen LogP contribution in [-0.2, 0) is 4.79 Å². The van der Waals surface area contributed by atoms with Gasteiger partial charge in [0.05, 0.1) is 5.69 Å². The second-order valence-electron chi connectivity index (χ2n) is 2.47. The molecule has 0 aliphatic heterocycles. The minimum Gasteiger partial charge on any atom is -0.479 e. The highest BCUT2D eigenvalue weighted by Crippen LogP contribution is 1.91. The topological polar surface area (TPSA) is 70.4 Å². The van der Waals surface area contributed by atoms with Crippen molar-refractivity contribution in [2.45, 2.75) is 13.0 Å². The van der Waals surface area contributed by atoms with Crippen LogP contribution >= 0.6 is 0 Å². The zero-order chi connectivity index (χ0) is 11.0. The summed E-state index contributed by atoms with van der Waals surface area (Å²) in [5.74, 6) is -1.19. The van der Waals surface area contributed by atoms with Crippen LogP contribution in [0.1, 0.15) is 12.6 Å². The molecule has 0 aromatic carbocycles. The van der Waals surface area contributed by atoms with Crippen LogP contribution in [0.5, 0.6) is 0 Å². The molecule has 0 aliphatic carbocycles. The molecule has 1 aromatic heterocycles.